The van der Waals surface area contributed by atoms with Crippen LogP contribution in [0, 0.1) is 0 Å². The molecular formula is C11H14O. The van der Waals surface area contributed by atoms with Gasteiger partial charge in [-0.3, -0.25) is 0 Å². The third-order valence-electron chi connectivity index (χ3n) is 1.94. The number of hydrogen-bond donors (Lipinski definition) is 1. The highest BCUT2D eigenvalue weighted by molar-refractivity contribution is 5.58. The molecule has 0 unspecified atom stereocenters. The molecule has 0 radical (unpaired) electrons. The zero-order valence-corrected chi connectivity index (χ0v) is 7.54. The minimum Gasteiger partial charge on any atom is -0.507 e. The van der Waals surface area contributed by atoms with E-state index in [4.69, 9.17) is 0 Å². The second-order valence-electron chi connectivity index (χ2n) is 3.14. The molecule has 0 spiro atoms. The number of hydrogen-bond acceptors (Lipinski definition) is 1. The molecule has 12 heavy (non-hydrogen) atoms. The molecule has 0 fully saturated rings. The fourth-order valence-corrected chi connectivity index (χ4v) is 1.21. The SMILES string of the molecule is C=Cc1cccc(C(C)C)c1O. The maximum absolute atomic E-state index is 9.69. The Bertz CT molecular complexity index is 287. The van der Waals surface area contributed by atoms with E-state index in [1.54, 1.807) is 6.08 Å². The van der Waals surface area contributed by atoms with E-state index in [1.165, 1.54) is 0 Å². The molecule has 0 aliphatic carbocycles. The van der Waals surface area contributed by atoms with Crippen molar-refractivity contribution in [3.05, 3.63) is 35.9 Å². The van der Waals surface area contributed by atoms with E-state index in [9.17, 15) is 5.11 Å². The Morgan fingerprint density at radius 1 is 1.42 bits per heavy atom. The van der Waals surface area contributed by atoms with E-state index in [0.29, 0.717) is 11.7 Å². The molecular weight excluding hydrogens is 148 g/mol. The van der Waals surface area contributed by atoms with Crippen molar-refractivity contribution in [3.63, 3.8) is 0 Å². The molecule has 0 atom stereocenters. The molecule has 1 aromatic carbocycles. The van der Waals surface area contributed by atoms with E-state index in [-0.39, 0.29) is 0 Å². The van der Waals surface area contributed by atoms with Crippen molar-refractivity contribution in [2.24, 2.45) is 0 Å². The molecule has 64 valence electrons. The van der Waals surface area contributed by atoms with Crippen molar-refractivity contribution in [2.75, 3.05) is 0 Å². The Labute approximate surface area is 73.4 Å². The van der Waals surface area contributed by atoms with Crippen LogP contribution in [-0.4, -0.2) is 5.11 Å². The molecule has 0 aliphatic rings. The van der Waals surface area contributed by atoms with Gasteiger partial charge in [-0.15, -0.1) is 0 Å². The van der Waals surface area contributed by atoms with Gasteiger partial charge >= 0.3 is 0 Å². The van der Waals surface area contributed by atoms with Crippen LogP contribution in [0.25, 0.3) is 6.08 Å². The van der Waals surface area contributed by atoms with Gasteiger partial charge in [0.05, 0.1) is 0 Å². The summed E-state index contributed by atoms with van der Waals surface area (Å²) in [5, 5.41) is 9.69. The first-order valence-corrected chi connectivity index (χ1v) is 4.11. The van der Waals surface area contributed by atoms with Crippen LogP contribution in [0.4, 0.5) is 0 Å². The van der Waals surface area contributed by atoms with Crippen molar-refractivity contribution in [1.29, 1.82) is 0 Å². The largest absolute Gasteiger partial charge is 0.507 e. The Balaban J connectivity index is 3.22. The van der Waals surface area contributed by atoms with Gasteiger partial charge in [0.25, 0.3) is 0 Å². The van der Waals surface area contributed by atoms with Gasteiger partial charge in [-0.2, -0.15) is 0 Å². The molecule has 1 aromatic rings. The summed E-state index contributed by atoms with van der Waals surface area (Å²) < 4.78 is 0. The maximum atomic E-state index is 9.69. The maximum Gasteiger partial charge on any atom is 0.126 e. The van der Waals surface area contributed by atoms with Gasteiger partial charge in [-0.25, -0.2) is 0 Å². The summed E-state index contributed by atoms with van der Waals surface area (Å²) in [5.74, 6) is 0.715. The third-order valence-corrected chi connectivity index (χ3v) is 1.94. The van der Waals surface area contributed by atoms with Crippen LogP contribution in [0.5, 0.6) is 5.75 Å². The average Bonchev–Trinajstić information content (AvgIpc) is 2.04. The number of phenols is 1. The van der Waals surface area contributed by atoms with Crippen LogP contribution in [0.2, 0.25) is 0 Å². The van der Waals surface area contributed by atoms with E-state index in [0.717, 1.165) is 11.1 Å². The van der Waals surface area contributed by atoms with E-state index >= 15 is 0 Å². The molecule has 1 nitrogen and oxygen atoms in total. The summed E-state index contributed by atoms with van der Waals surface area (Å²) in [6.07, 6.45) is 1.67. The molecule has 0 aromatic heterocycles. The molecule has 0 bridgehead atoms. The molecule has 0 amide bonds. The van der Waals surface area contributed by atoms with Gasteiger partial charge in [0.15, 0.2) is 0 Å². The van der Waals surface area contributed by atoms with Crippen LogP contribution < -0.4 is 0 Å². The molecule has 0 saturated heterocycles. The fourth-order valence-electron chi connectivity index (χ4n) is 1.21. The highest BCUT2D eigenvalue weighted by Crippen LogP contribution is 2.28. The highest BCUT2D eigenvalue weighted by atomic mass is 16.3. The second kappa shape index (κ2) is 3.44. The van der Waals surface area contributed by atoms with Crippen molar-refractivity contribution in [1.82, 2.24) is 0 Å². The van der Waals surface area contributed by atoms with Gasteiger partial charge in [0, 0.05) is 5.56 Å². The van der Waals surface area contributed by atoms with E-state index in [2.05, 4.69) is 20.4 Å². The summed E-state index contributed by atoms with van der Waals surface area (Å²) in [7, 11) is 0. The molecule has 0 aliphatic heterocycles. The lowest BCUT2D eigenvalue weighted by atomic mass is 9.99. The molecule has 0 saturated carbocycles. The number of phenolic OH excluding ortho intramolecular Hbond substituents is 1. The molecule has 1 rings (SSSR count). The Hall–Kier alpha value is -1.24. The Morgan fingerprint density at radius 2 is 2.08 bits per heavy atom. The van der Waals surface area contributed by atoms with Gasteiger partial charge in [0.2, 0.25) is 0 Å². The summed E-state index contributed by atoms with van der Waals surface area (Å²) in [5.41, 5.74) is 1.79. The standard InChI is InChI=1S/C11H14O/c1-4-9-6-5-7-10(8(2)3)11(9)12/h4-8,12H,1H2,2-3H3. The van der Waals surface area contributed by atoms with E-state index in [1.807, 2.05) is 18.2 Å². The highest BCUT2D eigenvalue weighted by Gasteiger charge is 2.06. The van der Waals surface area contributed by atoms with Crippen molar-refractivity contribution < 1.29 is 5.11 Å². The third kappa shape index (κ3) is 1.50. The van der Waals surface area contributed by atoms with Crippen LogP contribution in [0.1, 0.15) is 30.9 Å². The quantitative estimate of drug-likeness (QED) is 0.708. The summed E-state index contributed by atoms with van der Waals surface area (Å²) in [6, 6.07) is 5.73. The van der Waals surface area contributed by atoms with Gasteiger partial charge in [-0.1, -0.05) is 44.7 Å². The number of para-hydroxylation sites is 1. The summed E-state index contributed by atoms with van der Waals surface area (Å²) >= 11 is 0. The Kier molecular flexibility index (Phi) is 2.54. The van der Waals surface area contributed by atoms with Crippen molar-refractivity contribution in [3.8, 4) is 5.75 Å². The molecule has 1 N–H and O–H groups in total. The van der Waals surface area contributed by atoms with Crippen LogP contribution in [0.3, 0.4) is 0 Å². The predicted molar refractivity (Wildman–Crippen MR) is 52.3 cm³/mol. The smallest absolute Gasteiger partial charge is 0.126 e. The predicted octanol–water partition coefficient (Wildman–Crippen LogP) is 3.16. The number of aromatic hydroxyl groups is 1. The topological polar surface area (TPSA) is 20.2 Å². The Morgan fingerprint density at radius 3 is 2.58 bits per heavy atom. The second-order valence-corrected chi connectivity index (χ2v) is 3.14. The minimum absolute atomic E-state index is 0.352. The minimum atomic E-state index is 0.352. The lowest BCUT2D eigenvalue weighted by molar-refractivity contribution is 0.463. The summed E-state index contributed by atoms with van der Waals surface area (Å²) in [6.45, 7) is 7.75. The van der Waals surface area contributed by atoms with Gasteiger partial charge in [-0.05, 0) is 11.5 Å². The fraction of sp³-hybridized carbons (Fsp3) is 0.273. The first kappa shape index (κ1) is 8.85. The van der Waals surface area contributed by atoms with E-state index < -0.39 is 0 Å². The zero-order chi connectivity index (χ0) is 9.14. The van der Waals surface area contributed by atoms with Gasteiger partial charge < -0.3 is 5.11 Å². The first-order valence-electron chi connectivity index (χ1n) is 4.11. The normalized spacial score (nSPS) is 10.2. The lowest BCUT2D eigenvalue weighted by Gasteiger charge is -2.09. The average molecular weight is 162 g/mol. The first-order chi connectivity index (χ1) is 5.66. The molecule has 0 heterocycles. The molecule has 1 heteroatoms. The van der Waals surface area contributed by atoms with Crippen molar-refractivity contribution >= 4 is 6.08 Å². The number of benzene rings is 1. The van der Waals surface area contributed by atoms with Crippen LogP contribution >= 0.6 is 0 Å². The monoisotopic (exact) mass is 162 g/mol. The van der Waals surface area contributed by atoms with Crippen molar-refractivity contribution in [2.45, 2.75) is 19.8 Å². The van der Waals surface area contributed by atoms with Gasteiger partial charge in [0.1, 0.15) is 5.75 Å². The summed E-state index contributed by atoms with van der Waals surface area (Å²) in [4.78, 5) is 0. The van der Waals surface area contributed by atoms with Crippen LogP contribution in [0.15, 0.2) is 24.8 Å². The number of rotatable bonds is 2. The van der Waals surface area contributed by atoms with Crippen LogP contribution in [-0.2, 0) is 0 Å². The lowest BCUT2D eigenvalue weighted by Crippen LogP contribution is -1.89. The zero-order valence-electron chi connectivity index (χ0n) is 7.54.